The summed E-state index contributed by atoms with van der Waals surface area (Å²) >= 11 is 0. The maximum Gasteiger partial charge on any atom is 0.137 e. The van der Waals surface area contributed by atoms with Crippen LogP contribution in [0.4, 0.5) is 0 Å². The summed E-state index contributed by atoms with van der Waals surface area (Å²) in [6.45, 7) is 20.0. The minimum atomic E-state index is -0.689. The monoisotopic (exact) mass is 778 g/mol. The van der Waals surface area contributed by atoms with E-state index < -0.39 is 11.7 Å². The molecule has 7 heteroatoms. The molecule has 2 saturated heterocycles. The van der Waals surface area contributed by atoms with Gasteiger partial charge < -0.3 is 33.5 Å². The first-order valence-corrected chi connectivity index (χ1v) is 21.3. The molecule has 5 atom stereocenters. The van der Waals surface area contributed by atoms with Gasteiger partial charge >= 0.3 is 0 Å². The lowest BCUT2D eigenvalue weighted by Crippen LogP contribution is -2.41. The second kappa shape index (κ2) is 18.3. The first-order chi connectivity index (χ1) is 27.3. The fraction of sp³-hybridized carbons (Fsp3) is 0.520. The zero-order valence-corrected chi connectivity index (χ0v) is 35.6. The third kappa shape index (κ3) is 10.5. The molecule has 0 bridgehead atoms. The standard InChI is InChI=1S/C50H66O7/c1-9-29-49(11-3,56-43-25-17-38(18-26-43)47(5,6)37-15-23-42(24-16-37)53-33-45-34-54-45)31-40(51)32-52-41-21-13-36(14-22-41)48(7,8)39-19-27-44(28-20-39)57-50(12-4,30-10-2)46-35-55-46/h13-28,40,45-46,51H,9-12,29-35H2,1-8H3. The van der Waals surface area contributed by atoms with Crippen LogP contribution in [-0.2, 0) is 20.3 Å². The Kier molecular flexibility index (Phi) is 13.6. The van der Waals surface area contributed by atoms with E-state index in [9.17, 15) is 5.11 Å². The van der Waals surface area contributed by atoms with Crippen molar-refractivity contribution in [2.45, 2.75) is 141 Å². The van der Waals surface area contributed by atoms with Crippen LogP contribution < -0.4 is 18.9 Å². The molecule has 5 unspecified atom stereocenters. The molecule has 4 aromatic carbocycles. The molecular weight excluding hydrogens is 713 g/mol. The quantitative estimate of drug-likeness (QED) is 0.0751. The molecule has 2 aliphatic rings. The van der Waals surface area contributed by atoms with Gasteiger partial charge in [0.2, 0.25) is 0 Å². The van der Waals surface area contributed by atoms with Crippen molar-refractivity contribution in [1.29, 1.82) is 0 Å². The molecule has 1 N–H and O–H groups in total. The number of rotatable bonds is 23. The summed E-state index contributed by atoms with van der Waals surface area (Å²) < 4.78 is 36.3. The molecule has 0 spiro atoms. The first-order valence-electron chi connectivity index (χ1n) is 21.3. The molecule has 0 aliphatic carbocycles. The minimum Gasteiger partial charge on any atom is -0.491 e. The van der Waals surface area contributed by atoms with Gasteiger partial charge in [0, 0.05) is 17.3 Å². The molecule has 308 valence electrons. The maximum atomic E-state index is 11.3. The third-order valence-corrected chi connectivity index (χ3v) is 12.4. The highest BCUT2D eigenvalue weighted by Gasteiger charge is 2.47. The molecule has 0 saturated carbocycles. The summed E-state index contributed by atoms with van der Waals surface area (Å²) in [6, 6.07) is 33.6. The Hall–Kier alpha value is -4.04. The molecular formula is C50H66O7. The Labute approximate surface area is 342 Å². The molecule has 57 heavy (non-hydrogen) atoms. The lowest BCUT2D eigenvalue weighted by molar-refractivity contribution is -0.0132. The molecule has 4 aromatic rings. The average Bonchev–Trinajstić information content (AvgIpc) is 4.16. The lowest BCUT2D eigenvalue weighted by Gasteiger charge is -2.35. The predicted octanol–water partition coefficient (Wildman–Crippen LogP) is 11.0. The van der Waals surface area contributed by atoms with Crippen molar-refractivity contribution in [1.82, 2.24) is 0 Å². The van der Waals surface area contributed by atoms with E-state index >= 15 is 0 Å². The van der Waals surface area contributed by atoms with Crippen LogP contribution in [0.1, 0.15) is 123 Å². The van der Waals surface area contributed by atoms with Gasteiger partial charge in [-0.2, -0.15) is 0 Å². The van der Waals surface area contributed by atoms with Crippen LogP contribution in [-0.4, -0.2) is 61.0 Å². The number of hydrogen-bond donors (Lipinski definition) is 1. The van der Waals surface area contributed by atoms with Crippen molar-refractivity contribution >= 4 is 0 Å². The number of hydrogen-bond acceptors (Lipinski definition) is 7. The third-order valence-electron chi connectivity index (χ3n) is 12.4. The summed E-state index contributed by atoms with van der Waals surface area (Å²) in [5.74, 6) is 3.29. The van der Waals surface area contributed by atoms with Crippen molar-refractivity contribution in [3.8, 4) is 23.0 Å². The Morgan fingerprint density at radius 3 is 1.42 bits per heavy atom. The molecule has 0 amide bonds. The summed E-state index contributed by atoms with van der Waals surface area (Å²) in [5.41, 5.74) is 3.61. The summed E-state index contributed by atoms with van der Waals surface area (Å²) in [5, 5.41) is 11.3. The number of ether oxygens (including phenoxy) is 6. The van der Waals surface area contributed by atoms with Crippen molar-refractivity contribution in [3.63, 3.8) is 0 Å². The van der Waals surface area contributed by atoms with Gasteiger partial charge in [0.25, 0.3) is 0 Å². The average molecular weight is 779 g/mol. The van der Waals surface area contributed by atoms with E-state index in [-0.39, 0.29) is 35.2 Å². The highest BCUT2D eigenvalue weighted by atomic mass is 16.6. The summed E-state index contributed by atoms with van der Waals surface area (Å²) in [6.07, 6.45) is 5.73. The Morgan fingerprint density at radius 2 is 1.02 bits per heavy atom. The van der Waals surface area contributed by atoms with Crippen LogP contribution in [0.5, 0.6) is 23.0 Å². The number of aliphatic hydroxyl groups is 1. The fourth-order valence-electron chi connectivity index (χ4n) is 8.24. The molecule has 7 nitrogen and oxygen atoms in total. The van der Waals surface area contributed by atoms with E-state index in [1.165, 1.54) is 22.3 Å². The lowest BCUT2D eigenvalue weighted by atomic mass is 9.78. The van der Waals surface area contributed by atoms with Gasteiger partial charge in [0.1, 0.15) is 59.6 Å². The molecule has 2 aliphatic heterocycles. The van der Waals surface area contributed by atoms with Crippen LogP contribution in [0.2, 0.25) is 0 Å². The predicted molar refractivity (Wildman–Crippen MR) is 228 cm³/mol. The highest BCUT2D eigenvalue weighted by molar-refractivity contribution is 5.43. The highest BCUT2D eigenvalue weighted by Crippen LogP contribution is 2.39. The van der Waals surface area contributed by atoms with Gasteiger partial charge in [-0.25, -0.2) is 0 Å². The first kappa shape index (κ1) is 42.6. The fourth-order valence-corrected chi connectivity index (χ4v) is 8.24. The van der Waals surface area contributed by atoms with Crippen LogP contribution in [0.15, 0.2) is 97.1 Å². The van der Waals surface area contributed by atoms with Gasteiger partial charge in [0.05, 0.1) is 19.3 Å². The van der Waals surface area contributed by atoms with Crippen LogP contribution in [0.25, 0.3) is 0 Å². The molecule has 0 radical (unpaired) electrons. The van der Waals surface area contributed by atoms with Gasteiger partial charge in [-0.1, -0.05) is 117 Å². The summed E-state index contributed by atoms with van der Waals surface area (Å²) in [7, 11) is 0. The number of epoxide rings is 2. The van der Waals surface area contributed by atoms with Crippen molar-refractivity contribution in [2.24, 2.45) is 0 Å². The van der Waals surface area contributed by atoms with E-state index in [0.717, 1.165) is 74.7 Å². The van der Waals surface area contributed by atoms with Gasteiger partial charge in [-0.05, 0) is 96.5 Å². The van der Waals surface area contributed by atoms with Crippen LogP contribution >= 0.6 is 0 Å². The van der Waals surface area contributed by atoms with E-state index in [1.807, 2.05) is 24.3 Å². The van der Waals surface area contributed by atoms with Gasteiger partial charge in [-0.3, -0.25) is 0 Å². The second-order valence-electron chi connectivity index (χ2n) is 17.3. The summed E-state index contributed by atoms with van der Waals surface area (Å²) in [4.78, 5) is 0. The zero-order chi connectivity index (χ0) is 40.7. The van der Waals surface area contributed by atoms with Crippen molar-refractivity contribution in [2.75, 3.05) is 26.4 Å². The second-order valence-corrected chi connectivity index (χ2v) is 17.3. The van der Waals surface area contributed by atoms with E-state index in [2.05, 4.69) is 128 Å². The largest absolute Gasteiger partial charge is 0.491 e. The molecule has 6 rings (SSSR count). The van der Waals surface area contributed by atoms with Crippen molar-refractivity contribution < 1.29 is 33.5 Å². The zero-order valence-electron chi connectivity index (χ0n) is 35.6. The Bertz CT molecular complexity index is 1830. The SMILES string of the molecule is CCCC(CC)(CC(O)COc1ccc(C(C)(C)c2ccc(OC(CC)(CCC)C3CO3)cc2)cc1)Oc1ccc(C(C)(C)c2ccc(OCC3CO3)cc2)cc1. The normalized spacial score (nSPS) is 19.2. The Morgan fingerprint density at radius 1 is 0.579 bits per heavy atom. The Balaban J connectivity index is 1.03. The van der Waals surface area contributed by atoms with E-state index in [1.54, 1.807) is 0 Å². The molecule has 2 heterocycles. The van der Waals surface area contributed by atoms with E-state index in [4.69, 9.17) is 28.4 Å². The minimum absolute atomic E-state index is 0.186. The van der Waals surface area contributed by atoms with Gasteiger partial charge in [0.15, 0.2) is 0 Å². The smallest absolute Gasteiger partial charge is 0.137 e. The van der Waals surface area contributed by atoms with E-state index in [0.29, 0.717) is 13.0 Å². The molecule has 0 aromatic heterocycles. The number of benzene rings is 4. The van der Waals surface area contributed by atoms with Crippen LogP contribution in [0.3, 0.4) is 0 Å². The van der Waals surface area contributed by atoms with Crippen LogP contribution in [0, 0.1) is 0 Å². The maximum absolute atomic E-state index is 11.3. The number of aliphatic hydroxyl groups excluding tert-OH is 1. The van der Waals surface area contributed by atoms with Gasteiger partial charge in [-0.15, -0.1) is 0 Å². The van der Waals surface area contributed by atoms with Crippen molar-refractivity contribution in [3.05, 3.63) is 119 Å². The topological polar surface area (TPSA) is 82.2 Å². The molecule has 2 fully saturated rings.